The Kier molecular flexibility index (Phi) is 3.17. The minimum atomic E-state index is -1.16. The summed E-state index contributed by atoms with van der Waals surface area (Å²) in [6, 6.07) is 9.25. The average molecular weight is 286 g/mol. The fourth-order valence-electron chi connectivity index (χ4n) is 2.27. The smallest absolute Gasteiger partial charge is 0.329 e. The molecule has 1 aliphatic carbocycles. The topological polar surface area (TPSA) is 97.1 Å². The molecule has 7 nitrogen and oxygen atoms in total. The molecule has 1 heterocycles. The number of nitrogens with one attached hydrogen (secondary N) is 1. The van der Waals surface area contributed by atoms with E-state index in [-0.39, 0.29) is 5.82 Å². The van der Waals surface area contributed by atoms with Crippen LogP contribution < -0.4 is 5.32 Å². The molecule has 1 saturated carbocycles. The molecule has 2 N–H and O–H groups in total. The third-order valence-corrected chi connectivity index (χ3v) is 3.68. The number of aromatic nitrogens is 3. The van der Waals surface area contributed by atoms with Gasteiger partial charge < -0.3 is 10.4 Å². The summed E-state index contributed by atoms with van der Waals surface area (Å²) in [4.78, 5) is 27.3. The van der Waals surface area contributed by atoms with Crippen LogP contribution in [-0.4, -0.2) is 37.3 Å². The number of para-hydroxylation sites is 1. The second-order valence-corrected chi connectivity index (χ2v) is 5.04. The molecule has 1 aliphatic rings. The van der Waals surface area contributed by atoms with Crippen LogP contribution in [0.2, 0.25) is 0 Å². The van der Waals surface area contributed by atoms with Gasteiger partial charge in [0.2, 0.25) is 5.82 Å². The zero-order valence-electron chi connectivity index (χ0n) is 11.2. The molecular weight excluding hydrogens is 272 g/mol. The molecule has 0 radical (unpaired) electrons. The van der Waals surface area contributed by atoms with Crippen molar-refractivity contribution in [1.29, 1.82) is 0 Å². The quantitative estimate of drug-likeness (QED) is 0.874. The van der Waals surface area contributed by atoms with Gasteiger partial charge in [0, 0.05) is 0 Å². The average Bonchev–Trinajstić information content (AvgIpc) is 2.93. The Labute approximate surface area is 120 Å². The monoisotopic (exact) mass is 286 g/mol. The van der Waals surface area contributed by atoms with Crippen molar-refractivity contribution in [3.63, 3.8) is 0 Å². The second-order valence-electron chi connectivity index (χ2n) is 5.04. The van der Waals surface area contributed by atoms with E-state index >= 15 is 0 Å². The molecule has 7 heteroatoms. The fraction of sp³-hybridized carbons (Fsp3) is 0.286. The lowest BCUT2D eigenvalue weighted by molar-refractivity contribution is -0.148. The van der Waals surface area contributed by atoms with Gasteiger partial charge in [-0.15, -0.1) is 5.10 Å². The van der Waals surface area contributed by atoms with Crippen LogP contribution in [0.3, 0.4) is 0 Å². The first-order valence-corrected chi connectivity index (χ1v) is 6.64. The molecular formula is C14H14N4O3. The summed E-state index contributed by atoms with van der Waals surface area (Å²) in [5.41, 5.74) is -0.379. The van der Waals surface area contributed by atoms with Crippen molar-refractivity contribution >= 4 is 11.9 Å². The van der Waals surface area contributed by atoms with E-state index < -0.39 is 17.4 Å². The van der Waals surface area contributed by atoms with Gasteiger partial charge in [-0.25, -0.2) is 14.5 Å². The first-order chi connectivity index (χ1) is 10.1. The Morgan fingerprint density at radius 1 is 1.24 bits per heavy atom. The van der Waals surface area contributed by atoms with Gasteiger partial charge in [0.05, 0.1) is 5.69 Å². The van der Waals surface area contributed by atoms with Gasteiger partial charge in [-0.1, -0.05) is 18.2 Å². The highest BCUT2D eigenvalue weighted by molar-refractivity contribution is 5.95. The molecule has 0 spiro atoms. The summed E-state index contributed by atoms with van der Waals surface area (Å²) in [5, 5.41) is 15.8. The van der Waals surface area contributed by atoms with Crippen molar-refractivity contribution in [2.24, 2.45) is 0 Å². The van der Waals surface area contributed by atoms with Crippen LogP contribution in [0.4, 0.5) is 0 Å². The van der Waals surface area contributed by atoms with Gasteiger partial charge in [0.25, 0.3) is 5.91 Å². The number of nitrogens with zero attached hydrogens (tertiary/aromatic N) is 3. The molecule has 0 unspecified atom stereocenters. The predicted octanol–water partition coefficient (Wildman–Crippen LogP) is 1.00. The van der Waals surface area contributed by atoms with Gasteiger partial charge in [-0.3, -0.25) is 4.79 Å². The van der Waals surface area contributed by atoms with Crippen LogP contribution in [0.25, 0.3) is 5.69 Å². The summed E-state index contributed by atoms with van der Waals surface area (Å²) in [6.45, 7) is 0. The number of rotatable bonds is 4. The minimum Gasteiger partial charge on any atom is -0.480 e. The van der Waals surface area contributed by atoms with Crippen molar-refractivity contribution in [1.82, 2.24) is 20.1 Å². The van der Waals surface area contributed by atoms with Gasteiger partial charge in [0.1, 0.15) is 11.9 Å². The predicted molar refractivity (Wildman–Crippen MR) is 73.0 cm³/mol. The van der Waals surface area contributed by atoms with E-state index in [4.69, 9.17) is 0 Å². The molecule has 0 aliphatic heterocycles. The van der Waals surface area contributed by atoms with Gasteiger partial charge in [-0.2, -0.15) is 0 Å². The summed E-state index contributed by atoms with van der Waals surface area (Å²) in [5.74, 6) is -1.61. The lowest BCUT2D eigenvalue weighted by Gasteiger charge is -2.37. The van der Waals surface area contributed by atoms with Crippen LogP contribution in [-0.2, 0) is 4.79 Å². The minimum absolute atomic E-state index is 0.0358. The Morgan fingerprint density at radius 2 is 1.95 bits per heavy atom. The lowest BCUT2D eigenvalue weighted by Crippen LogP contribution is -2.59. The van der Waals surface area contributed by atoms with Crippen LogP contribution in [0.5, 0.6) is 0 Å². The summed E-state index contributed by atoms with van der Waals surface area (Å²) in [6.07, 6.45) is 3.10. The highest BCUT2D eigenvalue weighted by atomic mass is 16.4. The normalized spacial score (nSPS) is 16.0. The van der Waals surface area contributed by atoms with Crippen molar-refractivity contribution in [2.75, 3.05) is 0 Å². The van der Waals surface area contributed by atoms with E-state index in [9.17, 15) is 14.7 Å². The van der Waals surface area contributed by atoms with Crippen LogP contribution in [0.15, 0.2) is 36.7 Å². The third kappa shape index (κ3) is 2.37. The third-order valence-electron chi connectivity index (χ3n) is 3.68. The summed E-state index contributed by atoms with van der Waals surface area (Å²) < 4.78 is 1.48. The lowest BCUT2D eigenvalue weighted by atomic mass is 9.77. The molecule has 108 valence electrons. The molecule has 21 heavy (non-hydrogen) atoms. The summed E-state index contributed by atoms with van der Waals surface area (Å²) >= 11 is 0. The van der Waals surface area contributed by atoms with Crippen molar-refractivity contribution in [3.8, 4) is 5.69 Å². The van der Waals surface area contributed by atoms with Crippen LogP contribution >= 0.6 is 0 Å². The fourth-order valence-corrected chi connectivity index (χ4v) is 2.27. The van der Waals surface area contributed by atoms with Gasteiger partial charge >= 0.3 is 5.97 Å². The molecule has 0 bridgehead atoms. The highest BCUT2D eigenvalue weighted by Crippen LogP contribution is 2.32. The Balaban J connectivity index is 1.77. The van der Waals surface area contributed by atoms with Crippen molar-refractivity contribution in [3.05, 3.63) is 42.5 Å². The second kappa shape index (κ2) is 5.01. The zero-order chi connectivity index (χ0) is 14.9. The highest BCUT2D eigenvalue weighted by Gasteiger charge is 2.46. The number of hydrogen-bond donors (Lipinski definition) is 2. The van der Waals surface area contributed by atoms with Crippen LogP contribution in [0, 0.1) is 0 Å². The Hall–Kier alpha value is -2.70. The number of hydrogen-bond acceptors (Lipinski definition) is 4. The summed E-state index contributed by atoms with van der Waals surface area (Å²) in [7, 11) is 0. The van der Waals surface area contributed by atoms with E-state index in [2.05, 4.69) is 15.4 Å². The van der Waals surface area contributed by atoms with Crippen molar-refractivity contribution in [2.45, 2.75) is 24.8 Å². The molecule has 2 aromatic rings. The number of carboxylic acids is 1. The maximum absolute atomic E-state index is 12.1. The molecule has 0 atom stereocenters. The number of carbonyl (C=O) groups excluding carboxylic acids is 1. The number of aliphatic carboxylic acids is 1. The van der Waals surface area contributed by atoms with E-state index in [1.807, 2.05) is 30.3 Å². The first kappa shape index (κ1) is 13.3. The molecule has 0 saturated heterocycles. The number of amides is 1. The standard InChI is InChI=1S/C14H14N4O3/c19-12(16-14(13(20)21)7-4-8-14)11-15-9-18(17-11)10-5-2-1-3-6-10/h1-3,5-6,9H,4,7-8H2,(H,16,19)(H,20,21). The maximum Gasteiger partial charge on any atom is 0.329 e. The largest absolute Gasteiger partial charge is 0.480 e. The number of carboxylic acid groups (broad SMARTS) is 1. The molecule has 3 rings (SSSR count). The number of carbonyl (C=O) groups is 2. The van der Waals surface area contributed by atoms with E-state index in [0.29, 0.717) is 12.8 Å². The molecule has 1 aromatic heterocycles. The molecule has 1 aromatic carbocycles. The molecule has 1 fully saturated rings. The first-order valence-electron chi connectivity index (χ1n) is 6.64. The van der Waals surface area contributed by atoms with Gasteiger partial charge in [-0.05, 0) is 31.4 Å². The Morgan fingerprint density at radius 3 is 2.52 bits per heavy atom. The van der Waals surface area contributed by atoms with E-state index in [0.717, 1.165) is 12.1 Å². The molecule has 1 amide bonds. The van der Waals surface area contributed by atoms with Gasteiger partial charge in [0.15, 0.2) is 0 Å². The number of benzene rings is 1. The maximum atomic E-state index is 12.1. The van der Waals surface area contributed by atoms with Crippen LogP contribution in [0.1, 0.15) is 29.9 Å². The van der Waals surface area contributed by atoms with E-state index in [1.165, 1.54) is 11.0 Å². The van der Waals surface area contributed by atoms with E-state index in [1.54, 1.807) is 0 Å². The zero-order valence-corrected chi connectivity index (χ0v) is 11.2. The SMILES string of the molecule is O=C(NC1(C(=O)O)CCC1)c1ncn(-c2ccccc2)n1. The van der Waals surface area contributed by atoms with Crippen molar-refractivity contribution < 1.29 is 14.7 Å². The Bertz CT molecular complexity index is 677.